The molecular formula is C9H10O2. The Labute approximate surface area is 66.6 Å². The molecule has 0 aromatic rings. The summed E-state index contributed by atoms with van der Waals surface area (Å²) in [7, 11) is 0. The van der Waals surface area contributed by atoms with Gasteiger partial charge >= 0.3 is 0 Å². The van der Waals surface area contributed by atoms with Crippen molar-refractivity contribution in [2.24, 2.45) is 5.92 Å². The van der Waals surface area contributed by atoms with Crippen LogP contribution in [0.4, 0.5) is 0 Å². The fourth-order valence-electron chi connectivity index (χ4n) is 0.537. The third-order valence-corrected chi connectivity index (χ3v) is 1.17. The first-order valence-corrected chi connectivity index (χ1v) is 3.15. The predicted octanol–water partition coefficient (Wildman–Crippen LogP) is 0.693. The van der Waals surface area contributed by atoms with E-state index in [1.165, 1.54) is 6.08 Å². The summed E-state index contributed by atoms with van der Waals surface area (Å²) in [5, 5.41) is 17.7. The standard InChI is InChI=1S/C9H10O2/c1-3-5-6-9(11)8(4-2)7-10/h1-2,6,8,10-11H,5,7H2. The van der Waals surface area contributed by atoms with Crippen molar-refractivity contribution in [2.45, 2.75) is 6.42 Å². The lowest BCUT2D eigenvalue weighted by Gasteiger charge is -2.03. The van der Waals surface area contributed by atoms with Crippen LogP contribution in [0.2, 0.25) is 0 Å². The van der Waals surface area contributed by atoms with E-state index in [1.807, 2.05) is 0 Å². The lowest BCUT2D eigenvalue weighted by molar-refractivity contribution is 0.234. The Morgan fingerprint density at radius 2 is 2.18 bits per heavy atom. The quantitative estimate of drug-likeness (QED) is 0.459. The molecule has 2 heteroatoms. The zero-order valence-electron chi connectivity index (χ0n) is 6.12. The number of hydrogen-bond acceptors (Lipinski definition) is 2. The normalized spacial score (nSPS) is 13.2. The first kappa shape index (κ1) is 9.62. The van der Waals surface area contributed by atoms with Gasteiger partial charge in [-0.2, -0.15) is 0 Å². The summed E-state index contributed by atoms with van der Waals surface area (Å²) in [5.41, 5.74) is 0. The molecule has 11 heavy (non-hydrogen) atoms. The maximum Gasteiger partial charge on any atom is 0.107 e. The van der Waals surface area contributed by atoms with E-state index in [1.54, 1.807) is 0 Å². The van der Waals surface area contributed by atoms with Gasteiger partial charge in [0.2, 0.25) is 0 Å². The van der Waals surface area contributed by atoms with E-state index in [0.717, 1.165) is 0 Å². The molecule has 0 heterocycles. The van der Waals surface area contributed by atoms with Crippen LogP contribution in [0.25, 0.3) is 0 Å². The molecule has 0 amide bonds. The molecule has 58 valence electrons. The minimum absolute atomic E-state index is 0.0343. The van der Waals surface area contributed by atoms with Crippen LogP contribution >= 0.6 is 0 Å². The summed E-state index contributed by atoms with van der Waals surface area (Å²) >= 11 is 0. The van der Waals surface area contributed by atoms with Gasteiger partial charge in [0.25, 0.3) is 0 Å². The molecule has 1 unspecified atom stereocenters. The molecule has 0 aromatic heterocycles. The minimum Gasteiger partial charge on any atom is -0.511 e. The van der Waals surface area contributed by atoms with Gasteiger partial charge in [0.15, 0.2) is 0 Å². The molecule has 0 aromatic carbocycles. The summed E-state index contributed by atoms with van der Waals surface area (Å²) in [6.07, 6.45) is 11.7. The summed E-state index contributed by atoms with van der Waals surface area (Å²) in [5.74, 6) is 3.88. The zero-order chi connectivity index (χ0) is 8.69. The van der Waals surface area contributed by atoms with Gasteiger partial charge in [-0.15, -0.1) is 18.8 Å². The summed E-state index contributed by atoms with van der Waals surface area (Å²) in [6, 6.07) is 0. The smallest absolute Gasteiger partial charge is 0.107 e. The zero-order valence-corrected chi connectivity index (χ0v) is 6.12. The highest BCUT2D eigenvalue weighted by atomic mass is 16.3. The van der Waals surface area contributed by atoms with Crippen molar-refractivity contribution in [1.82, 2.24) is 0 Å². The van der Waals surface area contributed by atoms with Crippen molar-refractivity contribution in [3.8, 4) is 24.7 Å². The van der Waals surface area contributed by atoms with E-state index in [0.29, 0.717) is 6.42 Å². The van der Waals surface area contributed by atoms with Gasteiger partial charge in [0, 0.05) is 6.42 Å². The molecule has 0 radical (unpaired) electrons. The van der Waals surface area contributed by atoms with Gasteiger partial charge in [-0.05, 0) is 6.08 Å². The van der Waals surface area contributed by atoms with Gasteiger partial charge in [-0.25, -0.2) is 0 Å². The molecule has 0 saturated heterocycles. The van der Waals surface area contributed by atoms with E-state index in [-0.39, 0.29) is 12.4 Å². The highest BCUT2D eigenvalue weighted by Crippen LogP contribution is 2.05. The highest BCUT2D eigenvalue weighted by molar-refractivity contribution is 5.12. The van der Waals surface area contributed by atoms with Gasteiger partial charge in [-0.1, -0.05) is 5.92 Å². The Bertz CT molecular complexity index is 215. The van der Waals surface area contributed by atoms with Crippen molar-refractivity contribution in [2.75, 3.05) is 6.61 Å². The van der Waals surface area contributed by atoms with Gasteiger partial charge in [0.05, 0.1) is 12.5 Å². The van der Waals surface area contributed by atoms with Crippen LogP contribution in [0.1, 0.15) is 6.42 Å². The molecule has 0 aliphatic rings. The van der Waals surface area contributed by atoms with Gasteiger partial charge in [-0.3, -0.25) is 0 Å². The first-order chi connectivity index (χ1) is 5.26. The minimum atomic E-state index is -0.622. The number of terminal acetylenes is 2. The largest absolute Gasteiger partial charge is 0.511 e. The van der Waals surface area contributed by atoms with Crippen molar-refractivity contribution < 1.29 is 10.2 Å². The lowest BCUT2D eigenvalue weighted by atomic mass is 10.1. The second-order valence-corrected chi connectivity index (χ2v) is 1.94. The Hall–Kier alpha value is -1.38. The molecule has 0 rings (SSSR count). The van der Waals surface area contributed by atoms with Gasteiger partial charge in [0.1, 0.15) is 5.76 Å². The van der Waals surface area contributed by atoms with Gasteiger partial charge < -0.3 is 10.2 Å². The maximum atomic E-state index is 9.10. The van der Waals surface area contributed by atoms with Crippen LogP contribution in [0.3, 0.4) is 0 Å². The molecule has 0 spiro atoms. The predicted molar refractivity (Wildman–Crippen MR) is 43.6 cm³/mol. The average Bonchev–Trinajstić information content (AvgIpc) is 2.03. The summed E-state index contributed by atoms with van der Waals surface area (Å²) in [6.45, 7) is -0.261. The fraction of sp³-hybridized carbons (Fsp3) is 0.333. The van der Waals surface area contributed by atoms with E-state index in [2.05, 4.69) is 11.8 Å². The highest BCUT2D eigenvalue weighted by Gasteiger charge is 2.06. The topological polar surface area (TPSA) is 40.5 Å². The van der Waals surface area contributed by atoms with E-state index in [9.17, 15) is 0 Å². The molecule has 1 atom stereocenters. The van der Waals surface area contributed by atoms with Crippen LogP contribution in [-0.2, 0) is 0 Å². The number of aliphatic hydroxyl groups excluding tert-OH is 2. The molecule has 0 bridgehead atoms. The van der Waals surface area contributed by atoms with Crippen LogP contribution < -0.4 is 0 Å². The van der Waals surface area contributed by atoms with E-state index >= 15 is 0 Å². The van der Waals surface area contributed by atoms with Crippen LogP contribution in [0.5, 0.6) is 0 Å². The summed E-state index contributed by atoms with van der Waals surface area (Å²) < 4.78 is 0. The monoisotopic (exact) mass is 150 g/mol. The number of allylic oxidation sites excluding steroid dienone is 1. The molecule has 0 aliphatic heterocycles. The molecular weight excluding hydrogens is 140 g/mol. The SMILES string of the molecule is C#CCC=C(O)C(C#C)CO. The van der Waals surface area contributed by atoms with Crippen molar-refractivity contribution in [3.63, 3.8) is 0 Å². The Balaban J connectivity index is 4.12. The first-order valence-electron chi connectivity index (χ1n) is 3.15. The second kappa shape index (κ2) is 5.41. The van der Waals surface area contributed by atoms with Crippen molar-refractivity contribution in [1.29, 1.82) is 0 Å². The molecule has 0 aliphatic carbocycles. The fourth-order valence-corrected chi connectivity index (χ4v) is 0.537. The Kier molecular flexibility index (Phi) is 4.73. The van der Waals surface area contributed by atoms with Crippen molar-refractivity contribution in [3.05, 3.63) is 11.8 Å². The number of rotatable bonds is 3. The third kappa shape index (κ3) is 3.35. The third-order valence-electron chi connectivity index (χ3n) is 1.17. The molecule has 2 N–H and O–H groups in total. The maximum absolute atomic E-state index is 9.10. The molecule has 2 nitrogen and oxygen atoms in total. The van der Waals surface area contributed by atoms with E-state index in [4.69, 9.17) is 23.1 Å². The number of hydrogen-bond donors (Lipinski definition) is 2. The van der Waals surface area contributed by atoms with Crippen LogP contribution in [0.15, 0.2) is 11.8 Å². The second-order valence-electron chi connectivity index (χ2n) is 1.94. The van der Waals surface area contributed by atoms with Crippen molar-refractivity contribution >= 4 is 0 Å². The van der Waals surface area contributed by atoms with Crippen LogP contribution in [-0.4, -0.2) is 16.8 Å². The molecule has 0 saturated carbocycles. The summed E-state index contributed by atoms with van der Waals surface area (Å²) in [4.78, 5) is 0. The Morgan fingerprint density at radius 1 is 1.55 bits per heavy atom. The Morgan fingerprint density at radius 3 is 2.55 bits per heavy atom. The van der Waals surface area contributed by atoms with E-state index < -0.39 is 5.92 Å². The molecule has 0 fully saturated rings. The van der Waals surface area contributed by atoms with Crippen LogP contribution in [0, 0.1) is 30.6 Å². The number of aliphatic hydroxyl groups is 2. The average molecular weight is 150 g/mol. The lowest BCUT2D eigenvalue weighted by Crippen LogP contribution is -2.05.